The van der Waals surface area contributed by atoms with Gasteiger partial charge in [-0.15, -0.1) is 0 Å². The van der Waals surface area contributed by atoms with Crippen molar-refractivity contribution in [2.45, 2.75) is 13.3 Å². The first-order valence-electron chi connectivity index (χ1n) is 4.78. The first-order valence-corrected chi connectivity index (χ1v) is 5.86. The Labute approximate surface area is 97.0 Å². The summed E-state index contributed by atoms with van der Waals surface area (Å²) in [7, 11) is 0. The zero-order valence-corrected chi connectivity index (χ0v) is 10.4. The van der Waals surface area contributed by atoms with Gasteiger partial charge in [-0.25, -0.2) is 0 Å². The molecule has 0 saturated carbocycles. The van der Waals surface area contributed by atoms with Crippen LogP contribution in [0.4, 0.5) is 0 Å². The SMILES string of the molecule is Cc1[nH]c2ccc(I)cc2c1CC[NH3+]. The fourth-order valence-electron chi connectivity index (χ4n) is 1.85. The fraction of sp³-hybridized carbons (Fsp3) is 0.273. The largest absolute Gasteiger partial charge is 0.358 e. The van der Waals surface area contributed by atoms with Gasteiger partial charge >= 0.3 is 0 Å². The average molecular weight is 301 g/mol. The van der Waals surface area contributed by atoms with Crippen LogP contribution in [-0.4, -0.2) is 11.5 Å². The van der Waals surface area contributed by atoms with E-state index in [1.165, 1.54) is 25.7 Å². The average Bonchev–Trinajstić information content (AvgIpc) is 2.45. The lowest BCUT2D eigenvalue weighted by Gasteiger charge is -1.97. The quantitative estimate of drug-likeness (QED) is 0.795. The number of halogens is 1. The number of aromatic nitrogens is 1. The lowest BCUT2D eigenvalue weighted by Crippen LogP contribution is -2.51. The zero-order valence-electron chi connectivity index (χ0n) is 8.23. The number of aromatic amines is 1. The van der Waals surface area contributed by atoms with Crippen LogP contribution in [0.5, 0.6) is 0 Å². The molecule has 1 aromatic heterocycles. The number of benzene rings is 1. The van der Waals surface area contributed by atoms with Crippen LogP contribution in [0.3, 0.4) is 0 Å². The van der Waals surface area contributed by atoms with Crippen LogP contribution in [0, 0.1) is 10.5 Å². The van der Waals surface area contributed by atoms with Gasteiger partial charge in [0, 0.05) is 26.6 Å². The second kappa shape index (κ2) is 3.90. The molecule has 0 amide bonds. The molecule has 2 rings (SSSR count). The molecule has 1 heterocycles. The smallest absolute Gasteiger partial charge is 0.0781 e. The predicted molar refractivity (Wildman–Crippen MR) is 67.2 cm³/mol. The summed E-state index contributed by atoms with van der Waals surface area (Å²) in [5, 5.41) is 1.36. The number of fused-ring (bicyclic) bond motifs is 1. The summed E-state index contributed by atoms with van der Waals surface area (Å²) in [5.74, 6) is 0. The van der Waals surface area contributed by atoms with Gasteiger partial charge < -0.3 is 10.7 Å². The predicted octanol–water partition coefficient (Wildman–Crippen LogP) is 1.87. The Bertz CT molecular complexity index is 460. The monoisotopic (exact) mass is 301 g/mol. The molecule has 1 aromatic carbocycles. The summed E-state index contributed by atoms with van der Waals surface area (Å²) in [6.45, 7) is 3.09. The van der Waals surface area contributed by atoms with Gasteiger partial charge in [0.05, 0.1) is 6.54 Å². The van der Waals surface area contributed by atoms with Crippen molar-refractivity contribution in [2.75, 3.05) is 6.54 Å². The maximum Gasteiger partial charge on any atom is 0.0781 e. The lowest BCUT2D eigenvalue weighted by molar-refractivity contribution is -0.366. The highest BCUT2D eigenvalue weighted by atomic mass is 127. The molecule has 0 aliphatic carbocycles. The van der Waals surface area contributed by atoms with Crippen molar-refractivity contribution in [3.05, 3.63) is 33.0 Å². The summed E-state index contributed by atoms with van der Waals surface area (Å²) >= 11 is 2.35. The van der Waals surface area contributed by atoms with Crippen molar-refractivity contribution in [3.8, 4) is 0 Å². The molecule has 0 fully saturated rings. The van der Waals surface area contributed by atoms with Gasteiger partial charge in [-0.2, -0.15) is 0 Å². The van der Waals surface area contributed by atoms with E-state index in [1.54, 1.807) is 0 Å². The van der Waals surface area contributed by atoms with E-state index in [0.29, 0.717) is 0 Å². The second-order valence-electron chi connectivity index (χ2n) is 3.52. The van der Waals surface area contributed by atoms with Crippen molar-refractivity contribution < 1.29 is 5.73 Å². The number of aryl methyl sites for hydroxylation is 1. The molecule has 0 aliphatic rings. The Kier molecular flexibility index (Phi) is 2.78. The summed E-state index contributed by atoms with van der Waals surface area (Å²) in [6, 6.07) is 6.52. The number of quaternary nitrogens is 1. The van der Waals surface area contributed by atoms with Crippen molar-refractivity contribution in [2.24, 2.45) is 0 Å². The van der Waals surface area contributed by atoms with Gasteiger partial charge in [0.15, 0.2) is 0 Å². The number of nitrogens with one attached hydrogen (secondary N) is 1. The van der Waals surface area contributed by atoms with E-state index in [-0.39, 0.29) is 0 Å². The van der Waals surface area contributed by atoms with Crippen LogP contribution in [0.1, 0.15) is 11.3 Å². The molecule has 14 heavy (non-hydrogen) atoms. The molecule has 0 aliphatic heterocycles. The van der Waals surface area contributed by atoms with E-state index in [9.17, 15) is 0 Å². The minimum atomic E-state index is 0.958. The number of hydrogen-bond acceptors (Lipinski definition) is 0. The summed E-state index contributed by atoms with van der Waals surface area (Å²) in [5.41, 5.74) is 7.86. The summed E-state index contributed by atoms with van der Waals surface area (Å²) in [6.07, 6.45) is 1.06. The number of rotatable bonds is 2. The van der Waals surface area contributed by atoms with Crippen LogP contribution in [0.2, 0.25) is 0 Å². The molecule has 0 spiro atoms. The van der Waals surface area contributed by atoms with Crippen LogP contribution in [-0.2, 0) is 6.42 Å². The number of hydrogen-bond donors (Lipinski definition) is 2. The van der Waals surface area contributed by atoms with Gasteiger partial charge in [-0.1, -0.05) is 0 Å². The molecular weight excluding hydrogens is 287 g/mol. The van der Waals surface area contributed by atoms with E-state index in [4.69, 9.17) is 0 Å². The standard InChI is InChI=1S/C11H13IN2/c1-7-9(4-5-13)10-6-8(12)2-3-11(10)14-7/h2-3,6,14H,4-5,13H2,1H3/p+1. The van der Waals surface area contributed by atoms with Gasteiger partial charge in [0.1, 0.15) is 0 Å². The topological polar surface area (TPSA) is 43.4 Å². The van der Waals surface area contributed by atoms with Crippen LogP contribution in [0.25, 0.3) is 10.9 Å². The van der Waals surface area contributed by atoms with Gasteiger partial charge in [0.2, 0.25) is 0 Å². The Morgan fingerprint density at radius 1 is 1.43 bits per heavy atom. The molecule has 74 valence electrons. The van der Waals surface area contributed by atoms with Gasteiger partial charge in [0.25, 0.3) is 0 Å². The van der Waals surface area contributed by atoms with E-state index < -0.39 is 0 Å². The maximum absolute atomic E-state index is 3.92. The van der Waals surface area contributed by atoms with Crippen molar-refractivity contribution in [1.29, 1.82) is 0 Å². The van der Waals surface area contributed by atoms with Crippen LogP contribution in [0.15, 0.2) is 18.2 Å². The molecule has 0 saturated heterocycles. The molecular formula is C11H14IN2+. The minimum Gasteiger partial charge on any atom is -0.358 e. The van der Waals surface area contributed by atoms with Crippen molar-refractivity contribution >= 4 is 33.5 Å². The molecule has 0 atom stereocenters. The van der Waals surface area contributed by atoms with Crippen molar-refractivity contribution in [1.82, 2.24) is 4.98 Å². The normalized spacial score (nSPS) is 11.1. The molecule has 4 N–H and O–H groups in total. The molecule has 0 radical (unpaired) electrons. The number of H-pyrrole nitrogens is 1. The Morgan fingerprint density at radius 2 is 2.21 bits per heavy atom. The summed E-state index contributed by atoms with van der Waals surface area (Å²) < 4.78 is 1.29. The molecule has 3 heteroatoms. The Hall–Kier alpha value is -0.550. The van der Waals surface area contributed by atoms with E-state index in [1.807, 2.05) is 0 Å². The van der Waals surface area contributed by atoms with Gasteiger partial charge in [-0.3, -0.25) is 0 Å². The minimum absolute atomic E-state index is 0.958. The lowest BCUT2D eigenvalue weighted by atomic mass is 10.1. The van der Waals surface area contributed by atoms with Crippen LogP contribution >= 0.6 is 22.6 Å². The summed E-state index contributed by atoms with van der Waals surface area (Å²) in [4.78, 5) is 3.41. The third-order valence-corrected chi connectivity index (χ3v) is 3.18. The fourth-order valence-corrected chi connectivity index (χ4v) is 2.34. The first-order chi connectivity index (χ1) is 6.72. The van der Waals surface area contributed by atoms with E-state index >= 15 is 0 Å². The molecule has 2 aromatic rings. The Balaban J connectivity index is 2.66. The molecule has 2 nitrogen and oxygen atoms in total. The highest BCUT2D eigenvalue weighted by molar-refractivity contribution is 14.1. The third kappa shape index (κ3) is 1.66. The molecule has 0 bridgehead atoms. The maximum atomic E-state index is 3.92. The van der Waals surface area contributed by atoms with Gasteiger partial charge in [-0.05, 0) is 53.3 Å². The molecule has 0 unspecified atom stereocenters. The second-order valence-corrected chi connectivity index (χ2v) is 4.77. The van der Waals surface area contributed by atoms with E-state index in [2.05, 4.69) is 58.4 Å². The highest BCUT2D eigenvalue weighted by Crippen LogP contribution is 2.24. The van der Waals surface area contributed by atoms with Crippen molar-refractivity contribution in [3.63, 3.8) is 0 Å². The first kappa shape index (κ1) is 9.98. The van der Waals surface area contributed by atoms with Crippen LogP contribution < -0.4 is 5.73 Å². The highest BCUT2D eigenvalue weighted by Gasteiger charge is 2.07. The third-order valence-electron chi connectivity index (χ3n) is 2.51. The Morgan fingerprint density at radius 3 is 2.93 bits per heavy atom. The van der Waals surface area contributed by atoms with E-state index in [0.717, 1.165) is 13.0 Å². The zero-order chi connectivity index (χ0) is 10.1.